The van der Waals surface area contributed by atoms with Gasteiger partial charge in [0, 0.05) is 12.7 Å². The van der Waals surface area contributed by atoms with Crippen LogP contribution in [0.15, 0.2) is 31.0 Å². The minimum atomic E-state index is -0.0985. The van der Waals surface area contributed by atoms with Crippen LogP contribution >= 0.6 is 0 Å². The van der Waals surface area contributed by atoms with E-state index >= 15 is 0 Å². The van der Waals surface area contributed by atoms with Crippen molar-refractivity contribution in [3.63, 3.8) is 0 Å². The number of pyridine rings is 1. The summed E-state index contributed by atoms with van der Waals surface area (Å²) < 4.78 is 0. The Bertz CT molecular complexity index is 349. The molecule has 0 radical (unpaired) electrons. The Morgan fingerprint density at radius 2 is 2.47 bits per heavy atom. The van der Waals surface area contributed by atoms with E-state index in [9.17, 15) is 4.79 Å². The van der Waals surface area contributed by atoms with Crippen LogP contribution < -0.4 is 10.6 Å². The van der Waals surface area contributed by atoms with Gasteiger partial charge in [-0.25, -0.2) is 4.98 Å². The molecule has 0 aliphatic carbocycles. The third-order valence-electron chi connectivity index (χ3n) is 1.84. The molecule has 0 saturated heterocycles. The summed E-state index contributed by atoms with van der Waals surface area (Å²) in [6.07, 6.45) is 3.36. The van der Waals surface area contributed by atoms with Gasteiger partial charge in [0.15, 0.2) is 0 Å². The van der Waals surface area contributed by atoms with Crippen molar-refractivity contribution >= 4 is 11.7 Å². The van der Waals surface area contributed by atoms with Crippen LogP contribution in [-0.4, -0.2) is 24.0 Å². The number of rotatable bonds is 5. The highest BCUT2D eigenvalue weighted by Gasteiger charge is 2.03. The van der Waals surface area contributed by atoms with Crippen LogP contribution in [0.4, 0.5) is 5.82 Å². The van der Waals surface area contributed by atoms with Crippen LogP contribution in [-0.2, 0) is 4.79 Å². The molecule has 15 heavy (non-hydrogen) atoms. The smallest absolute Gasteiger partial charge is 0.239 e. The molecule has 0 bridgehead atoms. The van der Waals surface area contributed by atoms with E-state index in [1.165, 1.54) is 0 Å². The molecule has 0 aromatic carbocycles. The fourth-order valence-corrected chi connectivity index (χ4v) is 1.08. The van der Waals surface area contributed by atoms with Gasteiger partial charge in [-0.1, -0.05) is 12.1 Å². The first-order valence-corrected chi connectivity index (χ1v) is 4.77. The number of hydrogen-bond acceptors (Lipinski definition) is 3. The Labute approximate surface area is 89.4 Å². The van der Waals surface area contributed by atoms with Gasteiger partial charge >= 0.3 is 0 Å². The number of amides is 1. The van der Waals surface area contributed by atoms with Crippen LogP contribution in [0.5, 0.6) is 0 Å². The van der Waals surface area contributed by atoms with Gasteiger partial charge in [-0.2, -0.15) is 0 Å². The second-order valence-corrected chi connectivity index (χ2v) is 3.14. The molecule has 0 unspecified atom stereocenters. The molecule has 0 aliphatic rings. The number of nitrogens with zero attached hydrogens (tertiary/aromatic N) is 1. The van der Waals surface area contributed by atoms with Gasteiger partial charge in [0.25, 0.3) is 0 Å². The highest BCUT2D eigenvalue weighted by Crippen LogP contribution is 2.08. The summed E-state index contributed by atoms with van der Waals surface area (Å²) in [5.41, 5.74) is 0.953. The van der Waals surface area contributed by atoms with Gasteiger partial charge in [0.05, 0.1) is 6.54 Å². The van der Waals surface area contributed by atoms with Crippen LogP contribution in [0.2, 0.25) is 0 Å². The van der Waals surface area contributed by atoms with Crippen molar-refractivity contribution in [2.75, 3.05) is 18.4 Å². The number of carbonyl (C=O) groups excluding carboxylic acids is 1. The Morgan fingerprint density at radius 1 is 1.67 bits per heavy atom. The molecule has 2 N–H and O–H groups in total. The Balaban J connectivity index is 2.44. The minimum Gasteiger partial charge on any atom is -0.309 e. The lowest BCUT2D eigenvalue weighted by Gasteiger charge is -2.06. The van der Waals surface area contributed by atoms with Crippen LogP contribution in [0, 0.1) is 6.92 Å². The fraction of sp³-hybridized carbons (Fsp3) is 0.273. The van der Waals surface area contributed by atoms with E-state index in [-0.39, 0.29) is 12.5 Å². The number of hydrogen-bond donors (Lipinski definition) is 2. The van der Waals surface area contributed by atoms with Crippen molar-refractivity contribution in [2.45, 2.75) is 6.92 Å². The van der Waals surface area contributed by atoms with Gasteiger partial charge < -0.3 is 10.6 Å². The lowest BCUT2D eigenvalue weighted by molar-refractivity contribution is -0.115. The first-order valence-electron chi connectivity index (χ1n) is 4.77. The van der Waals surface area contributed by atoms with E-state index in [1.807, 2.05) is 19.1 Å². The number of aromatic nitrogens is 1. The van der Waals surface area contributed by atoms with Gasteiger partial charge in [0.2, 0.25) is 5.91 Å². The molecule has 80 valence electrons. The predicted molar refractivity (Wildman–Crippen MR) is 60.7 cm³/mol. The number of carbonyl (C=O) groups is 1. The second-order valence-electron chi connectivity index (χ2n) is 3.14. The van der Waals surface area contributed by atoms with E-state index in [0.29, 0.717) is 12.4 Å². The second kappa shape index (κ2) is 5.93. The molecule has 0 saturated carbocycles. The molecule has 0 fully saturated rings. The zero-order valence-corrected chi connectivity index (χ0v) is 8.79. The summed E-state index contributed by atoms with van der Waals surface area (Å²) in [4.78, 5) is 15.5. The molecule has 1 rings (SSSR count). The zero-order chi connectivity index (χ0) is 11.1. The van der Waals surface area contributed by atoms with Crippen LogP contribution in [0.25, 0.3) is 0 Å². The number of aryl methyl sites for hydroxylation is 1. The topological polar surface area (TPSA) is 54.0 Å². The van der Waals surface area contributed by atoms with Crippen molar-refractivity contribution in [3.05, 3.63) is 36.5 Å². The van der Waals surface area contributed by atoms with Crippen LogP contribution in [0.1, 0.15) is 5.56 Å². The third kappa shape index (κ3) is 3.91. The minimum absolute atomic E-state index is 0.0985. The molecule has 1 aromatic rings. The molecular formula is C11H15N3O. The number of nitrogens with one attached hydrogen (secondary N) is 2. The molecule has 1 aromatic heterocycles. The number of anilines is 1. The first-order chi connectivity index (χ1) is 7.24. The SMILES string of the molecule is C=CCNCC(=O)Nc1ncccc1C. The molecule has 0 atom stereocenters. The molecule has 4 heteroatoms. The van der Waals surface area contributed by atoms with E-state index in [1.54, 1.807) is 12.3 Å². The summed E-state index contributed by atoms with van der Waals surface area (Å²) in [5, 5.41) is 5.64. The van der Waals surface area contributed by atoms with Crippen molar-refractivity contribution in [3.8, 4) is 0 Å². The van der Waals surface area contributed by atoms with Crippen molar-refractivity contribution in [1.82, 2.24) is 10.3 Å². The summed E-state index contributed by atoms with van der Waals surface area (Å²) in [5.74, 6) is 0.515. The first kappa shape index (κ1) is 11.4. The average Bonchev–Trinajstić information content (AvgIpc) is 2.22. The van der Waals surface area contributed by atoms with E-state index < -0.39 is 0 Å². The molecule has 1 heterocycles. The van der Waals surface area contributed by atoms with E-state index in [2.05, 4.69) is 22.2 Å². The maximum absolute atomic E-state index is 11.4. The summed E-state index contributed by atoms with van der Waals surface area (Å²) in [6.45, 7) is 6.34. The van der Waals surface area contributed by atoms with Crippen LogP contribution in [0.3, 0.4) is 0 Å². The molecule has 1 amide bonds. The predicted octanol–water partition coefficient (Wildman–Crippen LogP) is 1.10. The van der Waals surface area contributed by atoms with E-state index in [4.69, 9.17) is 0 Å². The third-order valence-corrected chi connectivity index (χ3v) is 1.84. The molecule has 0 aliphatic heterocycles. The average molecular weight is 205 g/mol. The highest BCUT2D eigenvalue weighted by atomic mass is 16.1. The summed E-state index contributed by atoms with van der Waals surface area (Å²) in [6, 6.07) is 3.74. The Morgan fingerprint density at radius 3 is 3.13 bits per heavy atom. The Kier molecular flexibility index (Phi) is 4.50. The van der Waals surface area contributed by atoms with E-state index in [0.717, 1.165) is 5.56 Å². The lowest BCUT2D eigenvalue weighted by atomic mass is 10.3. The molecule has 4 nitrogen and oxygen atoms in total. The summed E-state index contributed by atoms with van der Waals surface area (Å²) >= 11 is 0. The lowest BCUT2D eigenvalue weighted by Crippen LogP contribution is -2.28. The maximum Gasteiger partial charge on any atom is 0.239 e. The van der Waals surface area contributed by atoms with Crippen molar-refractivity contribution in [1.29, 1.82) is 0 Å². The maximum atomic E-state index is 11.4. The van der Waals surface area contributed by atoms with Gasteiger partial charge in [-0.15, -0.1) is 6.58 Å². The largest absolute Gasteiger partial charge is 0.309 e. The zero-order valence-electron chi connectivity index (χ0n) is 8.79. The fourth-order valence-electron chi connectivity index (χ4n) is 1.08. The molecular weight excluding hydrogens is 190 g/mol. The van der Waals surface area contributed by atoms with Gasteiger partial charge in [-0.3, -0.25) is 4.79 Å². The van der Waals surface area contributed by atoms with Crippen molar-refractivity contribution < 1.29 is 4.79 Å². The quantitative estimate of drug-likeness (QED) is 0.559. The monoisotopic (exact) mass is 205 g/mol. The standard InChI is InChI=1S/C11H15N3O/c1-3-6-12-8-10(15)14-11-9(2)5-4-7-13-11/h3-5,7,12H,1,6,8H2,2H3,(H,13,14,15). The normalized spacial score (nSPS) is 9.67. The summed E-state index contributed by atoms with van der Waals surface area (Å²) in [7, 11) is 0. The van der Waals surface area contributed by atoms with Gasteiger partial charge in [0.1, 0.15) is 5.82 Å². The Hall–Kier alpha value is -1.68. The van der Waals surface area contributed by atoms with Crippen molar-refractivity contribution in [2.24, 2.45) is 0 Å². The highest BCUT2D eigenvalue weighted by molar-refractivity contribution is 5.91. The molecule has 0 spiro atoms. The van der Waals surface area contributed by atoms with Gasteiger partial charge in [-0.05, 0) is 18.6 Å².